The standard InChI is InChI=1S/C11H10N2O4/c1-16-8-5-3-7(4-6-8)13-11(15)9(14)10(12-13)17-2/h3-6H,1-2H3. The summed E-state index contributed by atoms with van der Waals surface area (Å²) in [6, 6.07) is 6.61. The number of anilines is 1. The van der Waals surface area contributed by atoms with Crippen molar-refractivity contribution in [2.45, 2.75) is 0 Å². The van der Waals surface area contributed by atoms with Crippen LogP contribution in [-0.4, -0.2) is 31.8 Å². The number of ketones is 1. The summed E-state index contributed by atoms with van der Waals surface area (Å²) in [4.78, 5) is 23.0. The Kier molecular flexibility index (Phi) is 2.78. The summed E-state index contributed by atoms with van der Waals surface area (Å²) in [5, 5.41) is 4.78. The van der Waals surface area contributed by atoms with Gasteiger partial charge in [-0.3, -0.25) is 9.59 Å². The quantitative estimate of drug-likeness (QED) is 0.701. The lowest BCUT2D eigenvalue weighted by molar-refractivity contribution is -0.132. The maximum absolute atomic E-state index is 11.6. The topological polar surface area (TPSA) is 68.2 Å². The van der Waals surface area contributed by atoms with Crippen molar-refractivity contribution in [3.63, 3.8) is 0 Å². The Morgan fingerprint density at radius 1 is 1.06 bits per heavy atom. The van der Waals surface area contributed by atoms with Crippen molar-refractivity contribution in [1.82, 2.24) is 0 Å². The number of hydrogen-bond acceptors (Lipinski definition) is 5. The fraction of sp³-hybridized carbons (Fsp3) is 0.182. The van der Waals surface area contributed by atoms with Gasteiger partial charge in [0.25, 0.3) is 5.90 Å². The third-order valence-electron chi connectivity index (χ3n) is 2.28. The van der Waals surface area contributed by atoms with Crippen molar-refractivity contribution < 1.29 is 19.1 Å². The molecule has 0 bridgehead atoms. The molecule has 1 heterocycles. The summed E-state index contributed by atoms with van der Waals surface area (Å²) < 4.78 is 9.69. The van der Waals surface area contributed by atoms with Crippen molar-refractivity contribution in [2.75, 3.05) is 19.2 Å². The lowest BCUT2D eigenvalue weighted by Gasteiger charge is -2.10. The smallest absolute Gasteiger partial charge is 0.325 e. The molecule has 0 aromatic heterocycles. The van der Waals surface area contributed by atoms with E-state index in [1.165, 1.54) is 7.11 Å². The minimum Gasteiger partial charge on any atom is -0.497 e. The summed E-state index contributed by atoms with van der Waals surface area (Å²) in [5.74, 6) is -1.02. The highest BCUT2D eigenvalue weighted by molar-refractivity contribution is 6.67. The molecule has 0 aliphatic carbocycles. The van der Waals surface area contributed by atoms with E-state index in [-0.39, 0.29) is 5.90 Å². The van der Waals surface area contributed by atoms with Crippen LogP contribution in [0.4, 0.5) is 5.69 Å². The van der Waals surface area contributed by atoms with Gasteiger partial charge < -0.3 is 9.47 Å². The van der Waals surface area contributed by atoms with Gasteiger partial charge in [0.1, 0.15) is 5.75 Å². The largest absolute Gasteiger partial charge is 0.497 e. The molecule has 1 aliphatic rings. The first-order valence-electron chi connectivity index (χ1n) is 4.83. The van der Waals surface area contributed by atoms with Crippen LogP contribution in [0.5, 0.6) is 5.75 Å². The fourth-order valence-corrected chi connectivity index (χ4v) is 1.40. The second kappa shape index (κ2) is 4.25. The molecule has 17 heavy (non-hydrogen) atoms. The van der Waals surface area contributed by atoms with E-state index in [0.29, 0.717) is 11.4 Å². The number of amides is 1. The number of carbonyl (C=O) groups is 2. The molecule has 0 spiro atoms. The molecule has 1 aromatic rings. The third-order valence-corrected chi connectivity index (χ3v) is 2.28. The van der Waals surface area contributed by atoms with Gasteiger partial charge in [-0.15, -0.1) is 5.10 Å². The summed E-state index contributed by atoms with van der Waals surface area (Å²) in [5.41, 5.74) is 0.483. The summed E-state index contributed by atoms with van der Waals surface area (Å²) in [6.07, 6.45) is 0. The van der Waals surface area contributed by atoms with E-state index in [1.807, 2.05) is 0 Å². The molecular formula is C11H10N2O4. The number of ether oxygens (including phenoxy) is 2. The maximum Gasteiger partial charge on any atom is 0.325 e. The van der Waals surface area contributed by atoms with E-state index in [9.17, 15) is 9.59 Å². The monoisotopic (exact) mass is 234 g/mol. The zero-order valence-electron chi connectivity index (χ0n) is 9.34. The minimum absolute atomic E-state index is 0.203. The predicted molar refractivity (Wildman–Crippen MR) is 59.9 cm³/mol. The lowest BCUT2D eigenvalue weighted by atomic mass is 10.3. The average Bonchev–Trinajstić information content (AvgIpc) is 2.66. The summed E-state index contributed by atoms with van der Waals surface area (Å²) in [7, 11) is 2.84. The molecule has 1 amide bonds. The first-order chi connectivity index (χ1) is 8.17. The number of benzene rings is 1. The van der Waals surface area contributed by atoms with E-state index < -0.39 is 11.7 Å². The molecule has 0 saturated carbocycles. The molecule has 0 fully saturated rings. The number of Topliss-reactive ketones (excluding diaryl/α,β-unsaturated/α-hetero) is 1. The first-order valence-corrected chi connectivity index (χ1v) is 4.83. The summed E-state index contributed by atoms with van der Waals surface area (Å²) >= 11 is 0. The summed E-state index contributed by atoms with van der Waals surface area (Å²) in [6.45, 7) is 0. The van der Waals surface area contributed by atoms with Gasteiger partial charge in [0.2, 0.25) is 0 Å². The van der Waals surface area contributed by atoms with Crippen LogP contribution in [0.25, 0.3) is 0 Å². The van der Waals surface area contributed by atoms with E-state index >= 15 is 0 Å². The van der Waals surface area contributed by atoms with Crippen molar-refractivity contribution in [3.05, 3.63) is 24.3 Å². The Balaban J connectivity index is 2.31. The number of hydrogen-bond donors (Lipinski definition) is 0. The second-order valence-electron chi connectivity index (χ2n) is 3.25. The van der Waals surface area contributed by atoms with Crippen LogP contribution in [0.2, 0.25) is 0 Å². The van der Waals surface area contributed by atoms with E-state index in [2.05, 4.69) is 5.10 Å². The van der Waals surface area contributed by atoms with Gasteiger partial charge in [-0.1, -0.05) is 0 Å². The highest BCUT2D eigenvalue weighted by atomic mass is 16.5. The van der Waals surface area contributed by atoms with Crippen molar-refractivity contribution in [1.29, 1.82) is 0 Å². The first kappa shape index (κ1) is 11.1. The van der Waals surface area contributed by atoms with Gasteiger partial charge >= 0.3 is 11.7 Å². The Hall–Kier alpha value is -2.37. The normalized spacial score (nSPS) is 14.9. The van der Waals surface area contributed by atoms with Crippen LogP contribution in [0.3, 0.4) is 0 Å². The molecule has 6 nitrogen and oxygen atoms in total. The number of nitrogens with zero attached hydrogens (tertiary/aromatic N) is 2. The van der Waals surface area contributed by atoms with E-state index in [4.69, 9.17) is 9.47 Å². The third kappa shape index (κ3) is 1.84. The van der Waals surface area contributed by atoms with E-state index in [1.54, 1.807) is 31.4 Å². The molecule has 2 rings (SSSR count). The van der Waals surface area contributed by atoms with Crippen LogP contribution in [0, 0.1) is 0 Å². The van der Waals surface area contributed by atoms with Crippen molar-refractivity contribution in [3.8, 4) is 5.75 Å². The average molecular weight is 234 g/mol. The molecule has 1 aliphatic heterocycles. The molecule has 0 unspecified atom stereocenters. The lowest BCUT2D eigenvalue weighted by Crippen LogP contribution is -2.27. The van der Waals surface area contributed by atoms with Crippen LogP contribution < -0.4 is 9.75 Å². The Bertz CT molecular complexity index is 493. The molecule has 1 aromatic carbocycles. The molecule has 0 atom stereocenters. The molecule has 0 N–H and O–H groups in total. The number of hydrazone groups is 1. The zero-order valence-corrected chi connectivity index (χ0v) is 9.34. The zero-order chi connectivity index (χ0) is 12.4. The highest BCUT2D eigenvalue weighted by Crippen LogP contribution is 2.22. The van der Waals surface area contributed by atoms with Gasteiger partial charge in [0.05, 0.1) is 19.9 Å². The number of rotatable bonds is 2. The van der Waals surface area contributed by atoms with Crippen molar-refractivity contribution in [2.24, 2.45) is 5.10 Å². The Morgan fingerprint density at radius 3 is 2.18 bits per heavy atom. The SMILES string of the molecule is COC1=NN(c2ccc(OC)cc2)C(=O)C1=O. The van der Waals surface area contributed by atoms with Gasteiger partial charge in [-0.25, -0.2) is 0 Å². The van der Waals surface area contributed by atoms with Gasteiger partial charge in [0.15, 0.2) is 0 Å². The van der Waals surface area contributed by atoms with Gasteiger partial charge in [-0.05, 0) is 24.3 Å². The maximum atomic E-state index is 11.6. The predicted octanol–water partition coefficient (Wildman–Crippen LogP) is 0.571. The molecule has 88 valence electrons. The van der Waals surface area contributed by atoms with Crippen molar-refractivity contribution >= 4 is 23.3 Å². The molecule has 0 radical (unpaired) electrons. The van der Waals surface area contributed by atoms with Crippen LogP contribution >= 0.6 is 0 Å². The fourth-order valence-electron chi connectivity index (χ4n) is 1.40. The van der Waals surface area contributed by atoms with Gasteiger partial charge in [-0.2, -0.15) is 5.01 Å². The molecule has 0 saturated heterocycles. The molecule has 6 heteroatoms. The second-order valence-corrected chi connectivity index (χ2v) is 3.25. The highest BCUT2D eigenvalue weighted by Gasteiger charge is 2.36. The van der Waals surface area contributed by atoms with Crippen LogP contribution in [0.15, 0.2) is 29.4 Å². The van der Waals surface area contributed by atoms with E-state index in [0.717, 1.165) is 5.01 Å². The Labute approximate surface area is 97.4 Å². The van der Waals surface area contributed by atoms with Gasteiger partial charge in [0, 0.05) is 0 Å². The number of carbonyl (C=O) groups excluding carboxylic acids is 2. The molecular weight excluding hydrogens is 224 g/mol. The Morgan fingerprint density at radius 2 is 1.71 bits per heavy atom. The number of methoxy groups -OCH3 is 2. The minimum atomic E-state index is -0.747. The van der Waals surface area contributed by atoms with Crippen LogP contribution in [-0.2, 0) is 14.3 Å². The van der Waals surface area contributed by atoms with Crippen LogP contribution in [0.1, 0.15) is 0 Å².